The molecule has 1 heteroatoms. The van der Waals surface area contributed by atoms with E-state index in [9.17, 15) is 0 Å². The third-order valence-corrected chi connectivity index (χ3v) is 11.9. The molecule has 0 heterocycles. The van der Waals surface area contributed by atoms with Crippen molar-refractivity contribution in [3.8, 4) is 0 Å². The van der Waals surface area contributed by atoms with Gasteiger partial charge in [0, 0.05) is 0 Å². The highest BCUT2D eigenvalue weighted by molar-refractivity contribution is 4.96. The van der Waals surface area contributed by atoms with E-state index in [0.717, 1.165) is 11.8 Å². The standard InChI is InChI=1S/C51H101N/c1-8-11-14-17-20-21-22-23-25-31-38-49(6)39-33-30-37-45-52(46-43-48(4)5)44-36-29-24-26-32-40-50(7)47-51(41-34-27-18-15-12-9-2)42-35-28-19-16-13-10-3/h48,51H,6-47H2,1-5H3. The van der Waals surface area contributed by atoms with Gasteiger partial charge in [0.1, 0.15) is 0 Å². The molecule has 0 spiro atoms. The maximum absolute atomic E-state index is 4.60. The minimum absolute atomic E-state index is 0.806. The average molecular weight is 728 g/mol. The van der Waals surface area contributed by atoms with Crippen molar-refractivity contribution in [3.05, 3.63) is 24.3 Å². The van der Waals surface area contributed by atoms with Crippen LogP contribution in [0.2, 0.25) is 0 Å². The van der Waals surface area contributed by atoms with Crippen molar-refractivity contribution in [2.75, 3.05) is 19.6 Å². The zero-order valence-electron chi connectivity index (χ0n) is 37.3. The lowest BCUT2D eigenvalue weighted by atomic mass is 9.87. The number of allylic oxidation sites excluding steroid dienone is 2. The van der Waals surface area contributed by atoms with E-state index in [0.29, 0.717) is 0 Å². The fourth-order valence-electron chi connectivity index (χ4n) is 8.18. The molecule has 310 valence electrons. The van der Waals surface area contributed by atoms with E-state index in [1.165, 1.54) is 263 Å². The first-order valence-corrected chi connectivity index (χ1v) is 24.5. The SMILES string of the molecule is C=C(CCCCCCCCCCCC)CCCCCN(CCCCCCCC(=C)CC(CCCCCCCC)CCCCCCCC)CCC(C)C. The molecule has 0 unspecified atom stereocenters. The van der Waals surface area contributed by atoms with Crippen molar-refractivity contribution in [1.29, 1.82) is 0 Å². The molecular formula is C51H101N. The van der Waals surface area contributed by atoms with Crippen molar-refractivity contribution < 1.29 is 0 Å². The molecular weight excluding hydrogens is 627 g/mol. The number of rotatable bonds is 44. The second-order valence-electron chi connectivity index (χ2n) is 18.0. The molecule has 0 aromatic carbocycles. The van der Waals surface area contributed by atoms with Gasteiger partial charge < -0.3 is 4.90 Å². The summed E-state index contributed by atoms with van der Waals surface area (Å²) in [4.78, 5) is 2.80. The highest BCUT2D eigenvalue weighted by Gasteiger charge is 2.11. The zero-order chi connectivity index (χ0) is 38.2. The van der Waals surface area contributed by atoms with E-state index in [-0.39, 0.29) is 0 Å². The van der Waals surface area contributed by atoms with Gasteiger partial charge in [0.05, 0.1) is 0 Å². The quantitative estimate of drug-likeness (QED) is 0.0446. The summed E-state index contributed by atoms with van der Waals surface area (Å²) in [5.74, 6) is 1.70. The van der Waals surface area contributed by atoms with Crippen molar-refractivity contribution in [3.63, 3.8) is 0 Å². The first-order chi connectivity index (χ1) is 25.4. The highest BCUT2D eigenvalue weighted by Crippen LogP contribution is 2.27. The van der Waals surface area contributed by atoms with Crippen molar-refractivity contribution in [2.45, 2.75) is 272 Å². The molecule has 0 aromatic heterocycles. The van der Waals surface area contributed by atoms with E-state index < -0.39 is 0 Å². The number of hydrogen-bond acceptors (Lipinski definition) is 1. The summed E-state index contributed by atoms with van der Waals surface area (Å²) >= 11 is 0. The van der Waals surface area contributed by atoms with Gasteiger partial charge in [-0.2, -0.15) is 0 Å². The summed E-state index contributed by atoms with van der Waals surface area (Å²) in [5.41, 5.74) is 3.07. The average Bonchev–Trinajstić information content (AvgIpc) is 3.13. The van der Waals surface area contributed by atoms with E-state index in [1.807, 2.05) is 0 Å². The molecule has 0 aliphatic carbocycles. The normalized spacial score (nSPS) is 11.8. The third-order valence-electron chi connectivity index (χ3n) is 11.9. The first-order valence-electron chi connectivity index (χ1n) is 24.5. The molecule has 0 fully saturated rings. The van der Waals surface area contributed by atoms with Gasteiger partial charge in [-0.1, -0.05) is 232 Å². The van der Waals surface area contributed by atoms with Crippen LogP contribution >= 0.6 is 0 Å². The largest absolute Gasteiger partial charge is 0.303 e. The molecule has 0 bridgehead atoms. The van der Waals surface area contributed by atoms with Crippen LogP contribution in [0.25, 0.3) is 0 Å². The lowest BCUT2D eigenvalue weighted by Gasteiger charge is -2.23. The van der Waals surface area contributed by atoms with Crippen LogP contribution < -0.4 is 0 Å². The summed E-state index contributed by atoms with van der Waals surface area (Å²) < 4.78 is 0. The molecule has 0 N–H and O–H groups in total. The van der Waals surface area contributed by atoms with Crippen LogP contribution in [-0.4, -0.2) is 24.5 Å². The Balaban J connectivity index is 4.12. The van der Waals surface area contributed by atoms with Crippen molar-refractivity contribution in [1.82, 2.24) is 4.90 Å². The second-order valence-corrected chi connectivity index (χ2v) is 18.0. The molecule has 0 aliphatic heterocycles. The summed E-state index contributed by atoms with van der Waals surface area (Å²) in [6, 6.07) is 0. The van der Waals surface area contributed by atoms with Gasteiger partial charge in [-0.3, -0.25) is 0 Å². The molecule has 1 nitrogen and oxygen atoms in total. The van der Waals surface area contributed by atoms with E-state index >= 15 is 0 Å². The predicted molar refractivity (Wildman–Crippen MR) is 241 cm³/mol. The van der Waals surface area contributed by atoms with Crippen LogP contribution in [0, 0.1) is 11.8 Å². The Labute approximate surface area is 331 Å². The van der Waals surface area contributed by atoms with Crippen LogP contribution in [0.3, 0.4) is 0 Å². The zero-order valence-corrected chi connectivity index (χ0v) is 37.3. The summed E-state index contributed by atoms with van der Waals surface area (Å²) in [6.45, 7) is 24.7. The molecule has 0 rings (SSSR count). The Kier molecular flexibility index (Phi) is 41.2. The van der Waals surface area contributed by atoms with Crippen molar-refractivity contribution in [2.24, 2.45) is 11.8 Å². The minimum atomic E-state index is 0.806. The van der Waals surface area contributed by atoms with Crippen LogP contribution in [0.1, 0.15) is 272 Å². The maximum atomic E-state index is 4.60. The lowest BCUT2D eigenvalue weighted by molar-refractivity contribution is 0.246. The lowest BCUT2D eigenvalue weighted by Crippen LogP contribution is -2.28. The molecule has 0 radical (unpaired) electrons. The number of unbranched alkanes of at least 4 members (excludes halogenated alkanes) is 25. The smallest absolute Gasteiger partial charge is 0.00163 e. The topological polar surface area (TPSA) is 3.24 Å². The molecule has 0 atom stereocenters. The molecule has 0 aromatic rings. The predicted octanol–water partition coefficient (Wildman–Crippen LogP) is 18.2. The fraction of sp³-hybridized carbons (Fsp3) is 0.922. The van der Waals surface area contributed by atoms with Crippen LogP contribution in [0.15, 0.2) is 24.3 Å². The Morgan fingerprint density at radius 2 is 0.692 bits per heavy atom. The van der Waals surface area contributed by atoms with Gasteiger partial charge in [-0.05, 0) is 95.7 Å². The Morgan fingerprint density at radius 1 is 0.365 bits per heavy atom. The number of hydrogen-bond donors (Lipinski definition) is 0. The summed E-state index contributed by atoms with van der Waals surface area (Å²) in [5, 5.41) is 0. The molecule has 52 heavy (non-hydrogen) atoms. The second kappa shape index (κ2) is 41.6. The Morgan fingerprint density at radius 3 is 1.10 bits per heavy atom. The van der Waals surface area contributed by atoms with E-state index in [1.54, 1.807) is 5.57 Å². The van der Waals surface area contributed by atoms with Gasteiger partial charge in [0.15, 0.2) is 0 Å². The van der Waals surface area contributed by atoms with Gasteiger partial charge >= 0.3 is 0 Å². The summed E-state index contributed by atoms with van der Waals surface area (Å²) in [6.07, 6.45) is 51.8. The van der Waals surface area contributed by atoms with Crippen LogP contribution in [-0.2, 0) is 0 Å². The van der Waals surface area contributed by atoms with E-state index in [2.05, 4.69) is 52.7 Å². The fourth-order valence-corrected chi connectivity index (χ4v) is 8.18. The summed E-state index contributed by atoms with van der Waals surface area (Å²) in [7, 11) is 0. The first kappa shape index (κ1) is 51.4. The molecule has 0 aliphatic rings. The van der Waals surface area contributed by atoms with Gasteiger partial charge in [-0.15, -0.1) is 0 Å². The van der Waals surface area contributed by atoms with Gasteiger partial charge in [0.25, 0.3) is 0 Å². The molecule has 0 amide bonds. The third kappa shape index (κ3) is 39.1. The van der Waals surface area contributed by atoms with Crippen LogP contribution in [0.4, 0.5) is 0 Å². The number of nitrogens with zero attached hydrogens (tertiary/aromatic N) is 1. The Bertz CT molecular complexity index is 705. The monoisotopic (exact) mass is 728 g/mol. The highest BCUT2D eigenvalue weighted by atomic mass is 15.1. The molecule has 0 saturated carbocycles. The maximum Gasteiger partial charge on any atom is -0.00163 e. The Hall–Kier alpha value is -0.560. The molecule has 0 saturated heterocycles. The van der Waals surface area contributed by atoms with Crippen LogP contribution in [0.5, 0.6) is 0 Å². The van der Waals surface area contributed by atoms with E-state index in [4.69, 9.17) is 0 Å². The minimum Gasteiger partial charge on any atom is -0.303 e. The van der Waals surface area contributed by atoms with Crippen molar-refractivity contribution >= 4 is 0 Å². The van der Waals surface area contributed by atoms with Gasteiger partial charge in [-0.25, -0.2) is 0 Å². The van der Waals surface area contributed by atoms with Gasteiger partial charge in [0.2, 0.25) is 0 Å².